The van der Waals surface area contributed by atoms with Gasteiger partial charge in [-0.05, 0) is 41.9 Å². The molecule has 0 saturated carbocycles. The van der Waals surface area contributed by atoms with Crippen molar-refractivity contribution in [3.05, 3.63) is 127 Å². The van der Waals surface area contributed by atoms with Crippen LogP contribution in [0, 0.1) is 0 Å². The molecule has 40 heavy (non-hydrogen) atoms. The van der Waals surface area contributed by atoms with Crippen LogP contribution in [0.25, 0.3) is 61.7 Å². The summed E-state index contributed by atoms with van der Waals surface area (Å²) < 4.78 is 2.18. The van der Waals surface area contributed by atoms with Crippen LogP contribution in [0.15, 0.2) is 127 Å². The van der Waals surface area contributed by atoms with Gasteiger partial charge in [-0.15, -0.1) is 0 Å². The van der Waals surface area contributed by atoms with Gasteiger partial charge in [-0.25, -0.2) is 15.0 Å². The SMILES string of the molecule is OB(O)c1ccc2c(c1)c1ccccc1n2-c1ccc(-c2nc(-c3ccccc3)nc(-c3ccccc3)n2)cc1. The first-order valence-electron chi connectivity index (χ1n) is 13.0. The molecular weight excluding hydrogens is 495 g/mol. The van der Waals surface area contributed by atoms with Gasteiger partial charge in [-0.2, -0.15) is 0 Å². The highest BCUT2D eigenvalue weighted by atomic mass is 16.4. The molecule has 0 saturated heterocycles. The Labute approximate surface area is 231 Å². The zero-order valence-corrected chi connectivity index (χ0v) is 21.4. The van der Waals surface area contributed by atoms with E-state index in [4.69, 9.17) is 15.0 Å². The van der Waals surface area contributed by atoms with Gasteiger partial charge in [0, 0.05) is 33.2 Å². The van der Waals surface area contributed by atoms with E-state index in [-0.39, 0.29) is 0 Å². The summed E-state index contributed by atoms with van der Waals surface area (Å²) in [7, 11) is -1.52. The highest BCUT2D eigenvalue weighted by Gasteiger charge is 2.17. The summed E-state index contributed by atoms with van der Waals surface area (Å²) in [4.78, 5) is 14.5. The van der Waals surface area contributed by atoms with Gasteiger partial charge < -0.3 is 14.6 Å². The Hall–Kier alpha value is -5.11. The molecule has 2 heterocycles. The Morgan fingerprint density at radius 2 is 0.975 bits per heavy atom. The van der Waals surface area contributed by atoms with Crippen LogP contribution in [0.4, 0.5) is 0 Å². The fourth-order valence-electron chi connectivity index (χ4n) is 5.13. The Balaban J connectivity index is 1.36. The summed E-state index contributed by atoms with van der Waals surface area (Å²) in [5, 5.41) is 21.5. The van der Waals surface area contributed by atoms with Crippen LogP contribution in [0.1, 0.15) is 0 Å². The van der Waals surface area contributed by atoms with E-state index in [0.717, 1.165) is 44.2 Å². The van der Waals surface area contributed by atoms with E-state index in [0.29, 0.717) is 22.9 Å². The maximum atomic E-state index is 9.73. The maximum absolute atomic E-state index is 9.73. The number of hydrogen-bond donors (Lipinski definition) is 2. The Morgan fingerprint density at radius 1 is 0.475 bits per heavy atom. The second-order valence-electron chi connectivity index (χ2n) is 9.59. The van der Waals surface area contributed by atoms with E-state index in [1.165, 1.54) is 0 Å². The summed E-state index contributed by atoms with van der Waals surface area (Å²) >= 11 is 0. The van der Waals surface area contributed by atoms with Gasteiger partial charge in [0.05, 0.1) is 11.0 Å². The lowest BCUT2D eigenvalue weighted by Gasteiger charge is -2.11. The minimum absolute atomic E-state index is 0.462. The van der Waals surface area contributed by atoms with Crippen molar-refractivity contribution in [2.45, 2.75) is 0 Å². The lowest BCUT2D eigenvalue weighted by molar-refractivity contribution is 0.426. The molecule has 7 heteroatoms. The van der Waals surface area contributed by atoms with E-state index in [1.54, 1.807) is 6.07 Å². The Bertz CT molecular complexity index is 1910. The van der Waals surface area contributed by atoms with Crippen LogP contribution in [0.5, 0.6) is 0 Å². The number of nitrogens with zero attached hydrogens (tertiary/aromatic N) is 4. The molecular formula is C33H23BN4O2. The van der Waals surface area contributed by atoms with Crippen molar-refractivity contribution in [3.63, 3.8) is 0 Å². The molecule has 7 rings (SSSR count). The fourth-order valence-corrected chi connectivity index (χ4v) is 5.13. The van der Waals surface area contributed by atoms with E-state index >= 15 is 0 Å². The van der Waals surface area contributed by atoms with Gasteiger partial charge in [-0.1, -0.05) is 91.0 Å². The zero-order chi connectivity index (χ0) is 27.1. The number of para-hydroxylation sites is 1. The molecule has 0 aliphatic heterocycles. The molecule has 190 valence electrons. The first-order valence-corrected chi connectivity index (χ1v) is 13.0. The predicted octanol–water partition coefficient (Wildman–Crippen LogP) is 5.65. The minimum atomic E-state index is -1.52. The van der Waals surface area contributed by atoms with E-state index in [2.05, 4.69) is 28.8 Å². The topological polar surface area (TPSA) is 84.1 Å². The first-order chi connectivity index (χ1) is 19.7. The van der Waals surface area contributed by atoms with Crippen molar-refractivity contribution in [1.29, 1.82) is 0 Å². The average Bonchev–Trinajstić information content (AvgIpc) is 3.35. The molecule has 0 aliphatic carbocycles. The molecule has 2 N–H and O–H groups in total. The van der Waals surface area contributed by atoms with Gasteiger partial charge in [0.1, 0.15) is 0 Å². The molecule has 0 fully saturated rings. The molecule has 0 spiro atoms. The fraction of sp³-hybridized carbons (Fsp3) is 0. The Morgan fingerprint density at radius 3 is 1.55 bits per heavy atom. The molecule has 2 aromatic heterocycles. The maximum Gasteiger partial charge on any atom is 0.488 e. The molecule has 0 radical (unpaired) electrons. The third kappa shape index (κ3) is 4.23. The van der Waals surface area contributed by atoms with Crippen molar-refractivity contribution >= 4 is 34.4 Å². The zero-order valence-electron chi connectivity index (χ0n) is 21.4. The smallest absolute Gasteiger partial charge is 0.423 e. The lowest BCUT2D eigenvalue weighted by atomic mass is 9.80. The molecule has 0 amide bonds. The van der Waals surface area contributed by atoms with Crippen molar-refractivity contribution < 1.29 is 10.0 Å². The summed E-state index contributed by atoms with van der Waals surface area (Å²) in [6, 6.07) is 41.7. The van der Waals surface area contributed by atoms with Crippen LogP contribution in [-0.2, 0) is 0 Å². The number of benzene rings is 5. The second-order valence-corrected chi connectivity index (χ2v) is 9.59. The highest BCUT2D eigenvalue weighted by Crippen LogP contribution is 2.32. The van der Waals surface area contributed by atoms with Gasteiger partial charge >= 0.3 is 7.12 Å². The van der Waals surface area contributed by atoms with Crippen LogP contribution in [-0.4, -0.2) is 36.7 Å². The highest BCUT2D eigenvalue weighted by molar-refractivity contribution is 6.59. The molecule has 0 atom stereocenters. The lowest BCUT2D eigenvalue weighted by Crippen LogP contribution is -2.29. The number of rotatable bonds is 5. The van der Waals surface area contributed by atoms with Gasteiger partial charge in [0.15, 0.2) is 17.5 Å². The molecule has 6 nitrogen and oxygen atoms in total. The van der Waals surface area contributed by atoms with E-state index in [9.17, 15) is 10.0 Å². The van der Waals surface area contributed by atoms with Crippen molar-refractivity contribution in [2.24, 2.45) is 0 Å². The normalized spacial score (nSPS) is 11.2. The van der Waals surface area contributed by atoms with Crippen LogP contribution in [0.3, 0.4) is 0 Å². The van der Waals surface area contributed by atoms with E-state index < -0.39 is 7.12 Å². The average molecular weight is 518 g/mol. The van der Waals surface area contributed by atoms with Crippen LogP contribution < -0.4 is 5.46 Å². The molecule has 0 unspecified atom stereocenters. The quantitative estimate of drug-likeness (QED) is 0.288. The number of aromatic nitrogens is 4. The monoisotopic (exact) mass is 518 g/mol. The Kier molecular flexibility index (Phi) is 5.93. The molecule has 7 aromatic rings. The van der Waals surface area contributed by atoms with Crippen molar-refractivity contribution in [2.75, 3.05) is 0 Å². The second kappa shape index (κ2) is 9.89. The van der Waals surface area contributed by atoms with E-state index in [1.807, 2.05) is 97.1 Å². The summed E-state index contributed by atoms with van der Waals surface area (Å²) in [6.45, 7) is 0. The van der Waals surface area contributed by atoms with Crippen molar-refractivity contribution in [3.8, 4) is 39.9 Å². The van der Waals surface area contributed by atoms with Crippen LogP contribution >= 0.6 is 0 Å². The predicted molar refractivity (Wildman–Crippen MR) is 160 cm³/mol. The van der Waals surface area contributed by atoms with Gasteiger partial charge in [0.25, 0.3) is 0 Å². The van der Waals surface area contributed by atoms with Gasteiger partial charge in [0.2, 0.25) is 0 Å². The minimum Gasteiger partial charge on any atom is -0.423 e. The molecule has 0 aliphatic rings. The standard InChI is InChI=1S/C33H23BN4O2/c39-34(40)25-17-20-30-28(21-25)27-13-7-8-14-29(27)38(30)26-18-15-24(16-19-26)33-36-31(22-9-3-1-4-10-22)35-32(37-33)23-11-5-2-6-12-23/h1-21,39-40H. The largest absolute Gasteiger partial charge is 0.488 e. The third-order valence-electron chi connectivity index (χ3n) is 7.08. The number of fused-ring (bicyclic) bond motifs is 3. The summed E-state index contributed by atoms with van der Waals surface area (Å²) in [5.74, 6) is 1.85. The van der Waals surface area contributed by atoms with Gasteiger partial charge in [-0.3, -0.25) is 0 Å². The van der Waals surface area contributed by atoms with Crippen LogP contribution in [0.2, 0.25) is 0 Å². The summed E-state index contributed by atoms with van der Waals surface area (Å²) in [6.07, 6.45) is 0. The number of hydrogen-bond acceptors (Lipinski definition) is 5. The van der Waals surface area contributed by atoms with Crippen molar-refractivity contribution in [1.82, 2.24) is 19.5 Å². The summed E-state index contributed by atoms with van der Waals surface area (Å²) in [5.41, 5.74) is 6.20. The third-order valence-corrected chi connectivity index (χ3v) is 7.08. The molecule has 5 aromatic carbocycles. The molecule has 0 bridgehead atoms. The first kappa shape index (κ1) is 24.0.